The molecule has 1 heterocycles. The van der Waals surface area contributed by atoms with Crippen LogP contribution in [0, 0.1) is 5.92 Å². The number of likely N-dealkylation sites (tertiary alicyclic amines) is 1. The van der Waals surface area contributed by atoms with Crippen LogP contribution < -0.4 is 0 Å². The summed E-state index contributed by atoms with van der Waals surface area (Å²) < 4.78 is 4.67. The van der Waals surface area contributed by atoms with E-state index < -0.39 is 11.9 Å². The maximum absolute atomic E-state index is 12.2. The summed E-state index contributed by atoms with van der Waals surface area (Å²) in [6.45, 7) is 2.43. The van der Waals surface area contributed by atoms with E-state index in [9.17, 15) is 14.4 Å². The summed E-state index contributed by atoms with van der Waals surface area (Å²) in [7, 11) is 1.31. The number of nitrogens with zero attached hydrogens (tertiary/aromatic N) is 1. The Labute approximate surface area is 177 Å². The topological polar surface area (TPSA) is 63.7 Å². The third-order valence-corrected chi connectivity index (χ3v) is 5.61. The molecule has 1 aliphatic rings. The van der Waals surface area contributed by atoms with Crippen LogP contribution in [-0.2, 0) is 19.1 Å². The second kappa shape index (κ2) is 16.2. The number of hydrogen-bond donors (Lipinski definition) is 0. The number of methoxy groups -OCH3 is 1. The van der Waals surface area contributed by atoms with E-state index in [-0.39, 0.29) is 24.8 Å². The van der Waals surface area contributed by atoms with E-state index in [4.69, 9.17) is 0 Å². The van der Waals surface area contributed by atoms with Gasteiger partial charge in [-0.05, 0) is 32.1 Å². The van der Waals surface area contributed by atoms with Crippen molar-refractivity contribution < 1.29 is 19.1 Å². The molecule has 0 N–H and O–H groups in total. The molecule has 0 saturated carbocycles. The molecule has 2 amide bonds. The van der Waals surface area contributed by atoms with Crippen LogP contribution in [0.25, 0.3) is 0 Å². The first-order chi connectivity index (χ1) is 14.1. The van der Waals surface area contributed by atoms with Crippen molar-refractivity contribution in [2.45, 2.75) is 103 Å². The molecule has 0 radical (unpaired) electrons. The molecule has 0 aromatic carbocycles. The van der Waals surface area contributed by atoms with Crippen molar-refractivity contribution in [3.05, 3.63) is 12.2 Å². The average molecular weight is 408 g/mol. The summed E-state index contributed by atoms with van der Waals surface area (Å²) >= 11 is 0. The Hall–Kier alpha value is -1.65. The number of allylic oxidation sites excluding steroid dienone is 2. The SMILES string of the molecule is CCCCCCCC/C=C\CCCCCCCC(=O)N1CC(C(=O)OC)CC1=O. The van der Waals surface area contributed by atoms with Gasteiger partial charge in [-0.2, -0.15) is 0 Å². The van der Waals surface area contributed by atoms with Gasteiger partial charge in [0.15, 0.2) is 0 Å². The first kappa shape index (κ1) is 25.4. The van der Waals surface area contributed by atoms with Crippen LogP contribution in [0.2, 0.25) is 0 Å². The Morgan fingerprint density at radius 2 is 1.48 bits per heavy atom. The third-order valence-electron chi connectivity index (χ3n) is 5.61. The Morgan fingerprint density at radius 1 is 0.931 bits per heavy atom. The van der Waals surface area contributed by atoms with E-state index in [0.717, 1.165) is 25.7 Å². The summed E-state index contributed by atoms with van der Waals surface area (Å²) in [6.07, 6.45) is 20.9. The summed E-state index contributed by atoms with van der Waals surface area (Å²) in [5.74, 6) is -1.31. The van der Waals surface area contributed by atoms with Gasteiger partial charge in [0, 0.05) is 19.4 Å². The third kappa shape index (κ3) is 11.2. The lowest BCUT2D eigenvalue weighted by atomic mass is 10.1. The van der Waals surface area contributed by atoms with Gasteiger partial charge in [0.05, 0.1) is 13.0 Å². The van der Waals surface area contributed by atoms with Gasteiger partial charge < -0.3 is 4.74 Å². The Balaban J connectivity index is 1.95. The highest BCUT2D eigenvalue weighted by molar-refractivity contribution is 5.99. The van der Waals surface area contributed by atoms with Crippen molar-refractivity contribution in [2.24, 2.45) is 5.92 Å². The number of carbonyl (C=O) groups is 3. The van der Waals surface area contributed by atoms with Crippen LogP contribution >= 0.6 is 0 Å². The molecule has 29 heavy (non-hydrogen) atoms. The van der Waals surface area contributed by atoms with Crippen molar-refractivity contribution in [1.82, 2.24) is 4.90 Å². The van der Waals surface area contributed by atoms with Crippen LogP contribution in [-0.4, -0.2) is 36.3 Å². The maximum Gasteiger partial charge on any atom is 0.311 e. The zero-order chi connectivity index (χ0) is 21.3. The molecule has 1 unspecified atom stereocenters. The molecular weight excluding hydrogens is 366 g/mol. The lowest BCUT2D eigenvalue weighted by Crippen LogP contribution is -2.32. The molecule has 5 nitrogen and oxygen atoms in total. The fourth-order valence-electron chi connectivity index (χ4n) is 3.76. The molecule has 0 spiro atoms. The fourth-order valence-corrected chi connectivity index (χ4v) is 3.76. The molecule has 5 heteroatoms. The van der Waals surface area contributed by atoms with Gasteiger partial charge in [0.1, 0.15) is 0 Å². The van der Waals surface area contributed by atoms with Crippen molar-refractivity contribution in [1.29, 1.82) is 0 Å². The zero-order valence-corrected chi connectivity index (χ0v) is 18.6. The molecular formula is C24H41NO4. The van der Waals surface area contributed by atoms with E-state index in [1.165, 1.54) is 69.8 Å². The highest BCUT2D eigenvalue weighted by Crippen LogP contribution is 2.20. The molecule has 0 aliphatic carbocycles. The zero-order valence-electron chi connectivity index (χ0n) is 18.6. The van der Waals surface area contributed by atoms with Gasteiger partial charge in [-0.25, -0.2) is 0 Å². The van der Waals surface area contributed by atoms with Crippen LogP contribution in [0.3, 0.4) is 0 Å². The minimum absolute atomic E-state index is 0.0881. The second-order valence-electron chi connectivity index (χ2n) is 8.16. The van der Waals surface area contributed by atoms with E-state index in [1.807, 2.05) is 0 Å². The summed E-state index contributed by atoms with van der Waals surface area (Å²) in [4.78, 5) is 36.8. The molecule has 0 bridgehead atoms. The smallest absolute Gasteiger partial charge is 0.311 e. The number of rotatable bonds is 16. The number of imide groups is 1. The molecule has 0 aromatic heterocycles. The van der Waals surface area contributed by atoms with Gasteiger partial charge >= 0.3 is 5.97 Å². The molecule has 0 aromatic rings. The van der Waals surface area contributed by atoms with E-state index in [0.29, 0.717) is 6.42 Å². The van der Waals surface area contributed by atoms with E-state index in [2.05, 4.69) is 23.8 Å². The van der Waals surface area contributed by atoms with Crippen LogP contribution in [0.5, 0.6) is 0 Å². The minimum Gasteiger partial charge on any atom is -0.469 e. The molecule has 1 rings (SSSR count). The number of unbranched alkanes of at least 4 members (excludes halogenated alkanes) is 11. The van der Waals surface area contributed by atoms with E-state index >= 15 is 0 Å². The summed E-state index contributed by atoms with van der Waals surface area (Å²) in [5, 5.41) is 0. The van der Waals surface area contributed by atoms with Gasteiger partial charge in [-0.15, -0.1) is 0 Å². The predicted molar refractivity (Wildman–Crippen MR) is 116 cm³/mol. The van der Waals surface area contributed by atoms with E-state index in [1.54, 1.807) is 0 Å². The predicted octanol–water partition coefficient (Wildman–Crippen LogP) is 5.57. The van der Waals surface area contributed by atoms with Crippen LogP contribution in [0.4, 0.5) is 0 Å². The molecule has 1 fully saturated rings. The molecule has 166 valence electrons. The van der Waals surface area contributed by atoms with Crippen molar-refractivity contribution in [3.63, 3.8) is 0 Å². The number of carbonyl (C=O) groups excluding carboxylic acids is 3. The highest BCUT2D eigenvalue weighted by atomic mass is 16.5. The highest BCUT2D eigenvalue weighted by Gasteiger charge is 2.37. The normalized spacial score (nSPS) is 16.7. The largest absolute Gasteiger partial charge is 0.469 e. The summed E-state index contributed by atoms with van der Waals surface area (Å²) in [5.41, 5.74) is 0. The second-order valence-corrected chi connectivity index (χ2v) is 8.16. The van der Waals surface area contributed by atoms with Crippen molar-refractivity contribution in [3.8, 4) is 0 Å². The van der Waals surface area contributed by atoms with Gasteiger partial charge in [0.2, 0.25) is 11.8 Å². The monoisotopic (exact) mass is 407 g/mol. The molecule has 1 atom stereocenters. The Morgan fingerprint density at radius 3 is 2.07 bits per heavy atom. The number of amides is 2. The minimum atomic E-state index is -0.495. The first-order valence-electron chi connectivity index (χ1n) is 11.7. The fraction of sp³-hybridized carbons (Fsp3) is 0.792. The number of hydrogen-bond acceptors (Lipinski definition) is 4. The number of esters is 1. The molecule has 1 saturated heterocycles. The average Bonchev–Trinajstić information content (AvgIpc) is 3.12. The Kier molecular flexibility index (Phi) is 14.2. The molecule has 1 aliphatic heterocycles. The first-order valence-corrected chi connectivity index (χ1v) is 11.7. The van der Waals surface area contributed by atoms with Crippen LogP contribution in [0.1, 0.15) is 103 Å². The lowest BCUT2D eigenvalue weighted by molar-refractivity contribution is -0.145. The Bertz CT molecular complexity index is 515. The summed E-state index contributed by atoms with van der Waals surface area (Å²) in [6, 6.07) is 0. The van der Waals surface area contributed by atoms with Crippen LogP contribution in [0.15, 0.2) is 12.2 Å². The van der Waals surface area contributed by atoms with Gasteiger partial charge in [-0.1, -0.05) is 70.4 Å². The van der Waals surface area contributed by atoms with Crippen molar-refractivity contribution in [2.75, 3.05) is 13.7 Å². The van der Waals surface area contributed by atoms with Gasteiger partial charge in [-0.3, -0.25) is 19.3 Å². The lowest BCUT2D eigenvalue weighted by Gasteiger charge is -2.14. The quantitative estimate of drug-likeness (QED) is 0.190. The maximum atomic E-state index is 12.2. The van der Waals surface area contributed by atoms with Crippen molar-refractivity contribution >= 4 is 17.8 Å². The number of ether oxygens (including phenoxy) is 1. The standard InChI is InChI=1S/C24H41NO4/c1-3-4-5-6-7-8-9-10-11-12-13-14-15-16-17-18-22(26)25-20-21(19-23(25)27)24(28)29-2/h10-11,21H,3-9,12-20H2,1-2H3/b11-10-. The van der Waals surface area contributed by atoms with Gasteiger partial charge in [0.25, 0.3) is 0 Å².